The second-order valence-electron chi connectivity index (χ2n) is 5.97. The smallest absolute Gasteiger partial charge is 0.329 e. The molecule has 1 atom stereocenters. The van der Waals surface area contributed by atoms with Gasteiger partial charge in [-0.25, -0.2) is 4.79 Å². The highest BCUT2D eigenvalue weighted by Gasteiger charge is 2.23. The first-order valence-corrected chi connectivity index (χ1v) is 7.58. The third-order valence-electron chi connectivity index (χ3n) is 4.18. The summed E-state index contributed by atoms with van der Waals surface area (Å²) >= 11 is 0. The Morgan fingerprint density at radius 3 is 2.65 bits per heavy atom. The number of carbonyl (C=O) groups is 1. The first-order valence-electron chi connectivity index (χ1n) is 7.58. The van der Waals surface area contributed by atoms with Crippen LogP contribution >= 0.6 is 0 Å². The van der Waals surface area contributed by atoms with Crippen molar-refractivity contribution in [1.29, 1.82) is 0 Å². The maximum atomic E-state index is 12.0. The SMILES string of the molecule is CC(CN1CCCC1=O)Nc1nc2c(c(=O)[nH]c(=O)n2C)n1C. The summed E-state index contributed by atoms with van der Waals surface area (Å²) in [5.74, 6) is 0.660. The maximum Gasteiger partial charge on any atom is 0.329 e. The monoisotopic (exact) mass is 320 g/mol. The minimum atomic E-state index is -0.497. The van der Waals surface area contributed by atoms with Crippen molar-refractivity contribution in [3.63, 3.8) is 0 Å². The number of nitrogens with zero attached hydrogens (tertiary/aromatic N) is 4. The fourth-order valence-corrected chi connectivity index (χ4v) is 2.93. The third-order valence-corrected chi connectivity index (χ3v) is 4.18. The molecule has 0 radical (unpaired) electrons. The van der Waals surface area contributed by atoms with E-state index in [9.17, 15) is 14.4 Å². The summed E-state index contributed by atoms with van der Waals surface area (Å²) in [6, 6.07) is -0.0244. The maximum absolute atomic E-state index is 12.0. The van der Waals surface area contributed by atoms with E-state index in [1.165, 1.54) is 4.57 Å². The van der Waals surface area contributed by atoms with Crippen LogP contribution in [-0.4, -0.2) is 49.0 Å². The summed E-state index contributed by atoms with van der Waals surface area (Å²) in [7, 11) is 3.27. The molecule has 0 bridgehead atoms. The Kier molecular flexibility index (Phi) is 3.70. The Balaban J connectivity index is 1.88. The van der Waals surface area contributed by atoms with Gasteiger partial charge in [-0.2, -0.15) is 4.98 Å². The van der Waals surface area contributed by atoms with E-state index >= 15 is 0 Å². The molecule has 2 N–H and O–H groups in total. The van der Waals surface area contributed by atoms with Crippen LogP contribution in [0, 0.1) is 0 Å². The molecule has 0 aliphatic carbocycles. The number of fused-ring (bicyclic) bond motifs is 1. The van der Waals surface area contributed by atoms with Gasteiger partial charge >= 0.3 is 5.69 Å². The van der Waals surface area contributed by atoms with Crippen molar-refractivity contribution in [2.75, 3.05) is 18.4 Å². The number of aryl methyl sites for hydroxylation is 2. The molecule has 23 heavy (non-hydrogen) atoms. The quantitative estimate of drug-likeness (QED) is 0.781. The van der Waals surface area contributed by atoms with E-state index in [1.54, 1.807) is 18.7 Å². The van der Waals surface area contributed by atoms with E-state index < -0.39 is 11.2 Å². The molecular weight excluding hydrogens is 300 g/mol. The van der Waals surface area contributed by atoms with Gasteiger partial charge in [0.1, 0.15) is 0 Å². The second kappa shape index (κ2) is 5.56. The molecule has 2 aromatic heterocycles. The van der Waals surface area contributed by atoms with Crippen molar-refractivity contribution >= 4 is 23.0 Å². The lowest BCUT2D eigenvalue weighted by atomic mass is 10.3. The summed E-state index contributed by atoms with van der Waals surface area (Å²) in [4.78, 5) is 43.8. The fraction of sp³-hybridized carbons (Fsp3) is 0.571. The Labute approximate surface area is 131 Å². The highest BCUT2D eigenvalue weighted by Crippen LogP contribution is 2.15. The number of hydrogen-bond acceptors (Lipinski definition) is 5. The van der Waals surface area contributed by atoms with Crippen molar-refractivity contribution in [1.82, 2.24) is 24.0 Å². The first kappa shape index (κ1) is 15.3. The molecule has 2 aromatic rings. The highest BCUT2D eigenvalue weighted by atomic mass is 16.2. The lowest BCUT2D eigenvalue weighted by Crippen LogP contribution is -2.36. The fourth-order valence-electron chi connectivity index (χ4n) is 2.93. The van der Waals surface area contributed by atoms with Gasteiger partial charge in [-0.05, 0) is 13.3 Å². The number of aromatic nitrogens is 4. The molecule has 9 heteroatoms. The molecule has 124 valence electrons. The molecule has 9 nitrogen and oxygen atoms in total. The third kappa shape index (κ3) is 2.62. The number of nitrogens with one attached hydrogen (secondary N) is 2. The van der Waals surface area contributed by atoms with Crippen LogP contribution in [0.1, 0.15) is 19.8 Å². The molecule has 1 unspecified atom stereocenters. The summed E-state index contributed by atoms with van der Waals surface area (Å²) in [6.45, 7) is 3.31. The lowest BCUT2D eigenvalue weighted by molar-refractivity contribution is -0.127. The van der Waals surface area contributed by atoms with Crippen LogP contribution < -0.4 is 16.6 Å². The molecule has 1 fully saturated rings. The van der Waals surface area contributed by atoms with E-state index in [0.29, 0.717) is 30.1 Å². The largest absolute Gasteiger partial charge is 0.351 e. The van der Waals surface area contributed by atoms with Gasteiger partial charge in [0, 0.05) is 39.6 Å². The second-order valence-corrected chi connectivity index (χ2v) is 5.97. The van der Waals surface area contributed by atoms with Crippen LogP contribution in [0.25, 0.3) is 11.2 Å². The minimum absolute atomic E-state index is 0.0244. The van der Waals surface area contributed by atoms with Crippen LogP contribution in [0.4, 0.5) is 5.95 Å². The topological polar surface area (TPSA) is 105 Å². The minimum Gasteiger partial charge on any atom is -0.351 e. The molecule has 3 heterocycles. The number of anilines is 1. The summed E-state index contributed by atoms with van der Waals surface area (Å²) in [5, 5.41) is 3.21. The van der Waals surface area contributed by atoms with Gasteiger partial charge in [-0.3, -0.25) is 19.1 Å². The number of imidazole rings is 1. The van der Waals surface area contributed by atoms with E-state index in [-0.39, 0.29) is 11.9 Å². The van der Waals surface area contributed by atoms with Crippen molar-refractivity contribution in [3.05, 3.63) is 20.8 Å². The molecule has 0 aromatic carbocycles. The van der Waals surface area contributed by atoms with Gasteiger partial charge in [0.25, 0.3) is 5.56 Å². The molecule has 3 rings (SSSR count). The number of carbonyl (C=O) groups excluding carboxylic acids is 1. The average molecular weight is 320 g/mol. The zero-order chi connectivity index (χ0) is 16.7. The van der Waals surface area contributed by atoms with Crippen molar-refractivity contribution in [3.8, 4) is 0 Å². The number of rotatable bonds is 4. The van der Waals surface area contributed by atoms with Crippen LogP contribution in [0.5, 0.6) is 0 Å². The Bertz CT molecular complexity index is 877. The van der Waals surface area contributed by atoms with Gasteiger partial charge < -0.3 is 14.8 Å². The van der Waals surface area contributed by atoms with Crippen LogP contribution in [0.3, 0.4) is 0 Å². The van der Waals surface area contributed by atoms with Gasteiger partial charge in [-0.15, -0.1) is 0 Å². The van der Waals surface area contributed by atoms with Gasteiger partial charge in [0.15, 0.2) is 11.2 Å². The summed E-state index contributed by atoms with van der Waals surface area (Å²) in [5.41, 5.74) is -0.302. The van der Waals surface area contributed by atoms with Crippen molar-refractivity contribution < 1.29 is 4.79 Å². The van der Waals surface area contributed by atoms with Crippen LogP contribution in [0.2, 0.25) is 0 Å². The van der Waals surface area contributed by atoms with Crippen molar-refractivity contribution in [2.24, 2.45) is 14.1 Å². The molecule has 0 spiro atoms. The molecule has 1 amide bonds. The zero-order valence-electron chi connectivity index (χ0n) is 13.4. The van der Waals surface area contributed by atoms with E-state index in [1.807, 2.05) is 11.8 Å². The number of hydrogen-bond donors (Lipinski definition) is 2. The van der Waals surface area contributed by atoms with Crippen molar-refractivity contribution in [2.45, 2.75) is 25.8 Å². The average Bonchev–Trinajstić information content (AvgIpc) is 3.02. The van der Waals surface area contributed by atoms with E-state index in [4.69, 9.17) is 0 Å². The molecular formula is C14H20N6O3. The van der Waals surface area contributed by atoms with Gasteiger partial charge in [0.05, 0.1) is 0 Å². The van der Waals surface area contributed by atoms with Crippen LogP contribution in [-0.2, 0) is 18.9 Å². The highest BCUT2D eigenvalue weighted by molar-refractivity contribution is 5.78. The van der Waals surface area contributed by atoms with E-state index in [2.05, 4.69) is 15.3 Å². The predicted octanol–water partition coefficient (Wildman–Crippen LogP) is -0.617. The number of aromatic amines is 1. The summed E-state index contributed by atoms with van der Waals surface area (Å²) < 4.78 is 2.92. The Morgan fingerprint density at radius 2 is 2.00 bits per heavy atom. The summed E-state index contributed by atoms with van der Waals surface area (Å²) in [6.07, 6.45) is 1.51. The molecule has 1 saturated heterocycles. The molecule has 1 aliphatic rings. The van der Waals surface area contributed by atoms with Crippen LogP contribution in [0.15, 0.2) is 9.59 Å². The molecule has 0 saturated carbocycles. The number of H-pyrrole nitrogens is 1. The lowest BCUT2D eigenvalue weighted by Gasteiger charge is -2.21. The zero-order valence-corrected chi connectivity index (χ0v) is 13.4. The standard InChI is InChI=1S/C14H20N6O3/c1-8(7-20-6-4-5-9(20)21)15-13-16-11-10(18(13)2)12(22)17-14(23)19(11)3/h8H,4-7H2,1-3H3,(H,15,16)(H,17,22,23). The van der Waals surface area contributed by atoms with E-state index in [0.717, 1.165) is 13.0 Å². The predicted molar refractivity (Wildman–Crippen MR) is 85.5 cm³/mol. The normalized spacial score (nSPS) is 16.3. The Morgan fingerprint density at radius 1 is 1.26 bits per heavy atom. The Hall–Kier alpha value is -2.58. The number of amides is 1. The molecule has 1 aliphatic heterocycles. The number of likely N-dealkylation sites (tertiary alicyclic amines) is 1. The van der Waals surface area contributed by atoms with Gasteiger partial charge in [-0.1, -0.05) is 0 Å². The first-order chi connectivity index (χ1) is 10.9. The van der Waals surface area contributed by atoms with Gasteiger partial charge in [0.2, 0.25) is 11.9 Å².